The maximum absolute atomic E-state index is 13.2. The first kappa shape index (κ1) is 19.3. The van der Waals surface area contributed by atoms with Crippen LogP contribution in [0.2, 0.25) is 0 Å². The molecule has 0 saturated heterocycles. The molecule has 0 aromatic heterocycles. The van der Waals surface area contributed by atoms with Gasteiger partial charge in [0, 0.05) is 36.5 Å². The highest BCUT2D eigenvalue weighted by Gasteiger charge is 2.10. The van der Waals surface area contributed by atoms with Gasteiger partial charge in [-0.2, -0.15) is 0 Å². The molecule has 0 saturated carbocycles. The van der Waals surface area contributed by atoms with Crippen LogP contribution >= 0.6 is 0 Å². The van der Waals surface area contributed by atoms with Gasteiger partial charge in [-0.25, -0.2) is 4.39 Å². The quantitative estimate of drug-likeness (QED) is 0.353. The number of halogens is 1. The predicted octanol–water partition coefficient (Wildman–Crippen LogP) is 0.977. The van der Waals surface area contributed by atoms with E-state index in [0.29, 0.717) is 19.6 Å². The summed E-state index contributed by atoms with van der Waals surface area (Å²) >= 11 is 0. The Hall–Kier alpha value is -3.00. The summed E-state index contributed by atoms with van der Waals surface area (Å²) in [5, 5.41) is 16.5. The largest absolute Gasteiger partial charge is 0.383 e. The van der Waals surface area contributed by atoms with Crippen molar-refractivity contribution < 1.29 is 19.0 Å². The SMILES string of the molecule is C[NH+](CC(=O)NCCNc1ccc([N+](=O)[O-])cc1)Cc1cccc(F)c1. The van der Waals surface area contributed by atoms with Gasteiger partial charge in [-0.15, -0.1) is 0 Å². The molecule has 3 N–H and O–H groups in total. The van der Waals surface area contributed by atoms with Crippen molar-refractivity contribution in [2.45, 2.75) is 6.54 Å². The van der Waals surface area contributed by atoms with E-state index < -0.39 is 4.92 Å². The highest BCUT2D eigenvalue weighted by Crippen LogP contribution is 2.14. The number of rotatable bonds is 9. The molecule has 0 radical (unpaired) electrons. The topological polar surface area (TPSA) is 88.7 Å². The summed E-state index contributed by atoms with van der Waals surface area (Å²) in [5.74, 6) is -0.374. The molecule has 2 rings (SSSR count). The number of hydrogen-bond acceptors (Lipinski definition) is 4. The molecule has 1 unspecified atom stereocenters. The van der Waals surface area contributed by atoms with Crippen LogP contribution in [0.5, 0.6) is 0 Å². The van der Waals surface area contributed by atoms with Crippen molar-refractivity contribution in [2.75, 3.05) is 32.0 Å². The van der Waals surface area contributed by atoms with Gasteiger partial charge in [0.1, 0.15) is 12.4 Å². The Labute approximate surface area is 151 Å². The van der Waals surface area contributed by atoms with Gasteiger partial charge < -0.3 is 15.5 Å². The normalized spacial score (nSPS) is 11.6. The van der Waals surface area contributed by atoms with E-state index in [1.807, 2.05) is 13.1 Å². The highest BCUT2D eigenvalue weighted by molar-refractivity contribution is 5.76. The lowest BCUT2D eigenvalue weighted by molar-refractivity contribution is -0.885. The zero-order valence-corrected chi connectivity index (χ0v) is 14.5. The summed E-state index contributed by atoms with van der Waals surface area (Å²) in [7, 11) is 1.87. The fraction of sp³-hybridized carbons (Fsp3) is 0.278. The Morgan fingerprint density at radius 2 is 1.92 bits per heavy atom. The molecule has 138 valence electrons. The minimum absolute atomic E-state index is 0.0353. The summed E-state index contributed by atoms with van der Waals surface area (Å²) in [5.41, 5.74) is 1.63. The number of anilines is 1. The number of nitrogens with zero attached hydrogens (tertiary/aromatic N) is 1. The molecule has 1 atom stereocenters. The molecule has 0 heterocycles. The zero-order chi connectivity index (χ0) is 18.9. The molecular formula is C18H22FN4O3+. The van der Waals surface area contributed by atoms with Gasteiger partial charge in [0.25, 0.3) is 11.6 Å². The third kappa shape index (κ3) is 6.48. The van der Waals surface area contributed by atoms with Gasteiger partial charge >= 0.3 is 0 Å². The number of carbonyl (C=O) groups excluding carboxylic acids is 1. The van der Waals surface area contributed by atoms with Gasteiger partial charge in [-0.1, -0.05) is 12.1 Å². The summed E-state index contributed by atoms with van der Waals surface area (Å²) in [6.45, 7) is 1.79. The molecule has 2 aromatic carbocycles. The lowest BCUT2D eigenvalue weighted by Crippen LogP contribution is -3.08. The molecular weight excluding hydrogens is 339 g/mol. The van der Waals surface area contributed by atoms with Gasteiger partial charge in [0.05, 0.1) is 12.0 Å². The summed E-state index contributed by atoms with van der Waals surface area (Å²) in [6, 6.07) is 12.4. The number of non-ortho nitro benzene ring substituents is 1. The molecule has 0 aliphatic carbocycles. The van der Waals surface area contributed by atoms with E-state index in [4.69, 9.17) is 0 Å². The van der Waals surface area contributed by atoms with E-state index in [-0.39, 0.29) is 24.0 Å². The van der Waals surface area contributed by atoms with Gasteiger partial charge in [0.2, 0.25) is 0 Å². The van der Waals surface area contributed by atoms with Crippen LogP contribution in [0.3, 0.4) is 0 Å². The lowest BCUT2D eigenvalue weighted by atomic mass is 10.2. The van der Waals surface area contributed by atoms with Crippen LogP contribution in [0.15, 0.2) is 48.5 Å². The van der Waals surface area contributed by atoms with E-state index in [1.165, 1.54) is 24.3 Å². The van der Waals surface area contributed by atoms with Crippen LogP contribution in [-0.4, -0.2) is 37.5 Å². The minimum atomic E-state index is -0.452. The number of nitro groups is 1. The zero-order valence-electron chi connectivity index (χ0n) is 14.5. The Balaban J connectivity index is 1.66. The van der Waals surface area contributed by atoms with Crippen LogP contribution < -0.4 is 15.5 Å². The molecule has 0 bridgehead atoms. The number of carbonyl (C=O) groups is 1. The van der Waals surface area contributed by atoms with Gasteiger partial charge in [0.15, 0.2) is 6.54 Å². The average molecular weight is 361 g/mol. The standard InChI is InChI=1S/C18H21FN4O3/c1-22(12-14-3-2-4-15(19)11-14)13-18(24)21-10-9-20-16-5-7-17(8-6-16)23(25)26/h2-8,11,20H,9-10,12-13H2,1H3,(H,21,24)/p+1. The predicted molar refractivity (Wildman–Crippen MR) is 96.5 cm³/mol. The number of nitro benzene ring substituents is 1. The second-order valence-electron chi connectivity index (χ2n) is 6.02. The van der Waals surface area contributed by atoms with Crippen molar-refractivity contribution in [3.05, 3.63) is 70.0 Å². The molecule has 7 nitrogen and oxygen atoms in total. The molecule has 26 heavy (non-hydrogen) atoms. The number of nitrogens with one attached hydrogen (secondary N) is 3. The third-order valence-corrected chi connectivity index (χ3v) is 3.71. The average Bonchev–Trinajstić information content (AvgIpc) is 2.59. The first-order chi connectivity index (χ1) is 12.4. The van der Waals surface area contributed by atoms with Gasteiger partial charge in [-0.05, 0) is 24.3 Å². The van der Waals surface area contributed by atoms with E-state index in [2.05, 4.69) is 10.6 Å². The first-order valence-corrected chi connectivity index (χ1v) is 8.25. The second kappa shape index (κ2) is 9.47. The monoisotopic (exact) mass is 361 g/mol. The Bertz CT molecular complexity index is 752. The fourth-order valence-electron chi connectivity index (χ4n) is 2.50. The summed E-state index contributed by atoms with van der Waals surface area (Å²) < 4.78 is 13.2. The van der Waals surface area contributed by atoms with Crippen molar-refractivity contribution in [3.8, 4) is 0 Å². The van der Waals surface area contributed by atoms with Crippen molar-refractivity contribution >= 4 is 17.3 Å². The lowest BCUT2D eigenvalue weighted by Gasteiger charge is -2.14. The van der Waals surface area contributed by atoms with Crippen LogP contribution in [-0.2, 0) is 11.3 Å². The first-order valence-electron chi connectivity index (χ1n) is 8.25. The van der Waals surface area contributed by atoms with Crippen LogP contribution in [0.25, 0.3) is 0 Å². The van der Waals surface area contributed by atoms with Gasteiger partial charge in [-0.3, -0.25) is 14.9 Å². The molecule has 8 heteroatoms. The van der Waals surface area contributed by atoms with Crippen LogP contribution in [0, 0.1) is 15.9 Å². The van der Waals surface area contributed by atoms with Crippen molar-refractivity contribution in [1.82, 2.24) is 5.32 Å². The molecule has 1 amide bonds. The Morgan fingerprint density at radius 1 is 1.19 bits per heavy atom. The Kier molecular flexibility index (Phi) is 7.04. The van der Waals surface area contributed by atoms with Crippen LogP contribution in [0.4, 0.5) is 15.8 Å². The maximum Gasteiger partial charge on any atom is 0.275 e. The molecule has 0 aliphatic rings. The highest BCUT2D eigenvalue weighted by atomic mass is 19.1. The number of quaternary nitrogens is 1. The molecule has 0 spiro atoms. The maximum atomic E-state index is 13.2. The second-order valence-corrected chi connectivity index (χ2v) is 6.02. The summed E-state index contributed by atoms with van der Waals surface area (Å²) in [4.78, 5) is 23.0. The smallest absolute Gasteiger partial charge is 0.275 e. The molecule has 0 aliphatic heterocycles. The fourth-order valence-corrected chi connectivity index (χ4v) is 2.50. The number of hydrogen-bond donors (Lipinski definition) is 3. The van der Waals surface area contributed by atoms with E-state index >= 15 is 0 Å². The van der Waals surface area contributed by atoms with Crippen molar-refractivity contribution in [2.24, 2.45) is 0 Å². The van der Waals surface area contributed by atoms with E-state index in [1.54, 1.807) is 18.2 Å². The Morgan fingerprint density at radius 3 is 2.58 bits per heavy atom. The number of likely N-dealkylation sites (N-methyl/N-ethyl adjacent to an activating group) is 1. The minimum Gasteiger partial charge on any atom is -0.383 e. The van der Waals surface area contributed by atoms with E-state index in [9.17, 15) is 19.3 Å². The molecule has 2 aromatic rings. The van der Waals surface area contributed by atoms with Crippen molar-refractivity contribution in [1.29, 1.82) is 0 Å². The van der Waals surface area contributed by atoms with E-state index in [0.717, 1.165) is 16.2 Å². The summed E-state index contributed by atoms with van der Waals surface area (Å²) in [6.07, 6.45) is 0. The van der Waals surface area contributed by atoms with Crippen molar-refractivity contribution in [3.63, 3.8) is 0 Å². The third-order valence-electron chi connectivity index (χ3n) is 3.71. The van der Waals surface area contributed by atoms with Crippen LogP contribution in [0.1, 0.15) is 5.56 Å². The number of benzene rings is 2. The molecule has 0 fully saturated rings. The number of amides is 1.